The van der Waals surface area contributed by atoms with E-state index in [9.17, 15) is 14.4 Å². The Bertz CT molecular complexity index is 1140. The summed E-state index contributed by atoms with van der Waals surface area (Å²) in [7, 11) is 0. The summed E-state index contributed by atoms with van der Waals surface area (Å²) < 4.78 is 15.3. The van der Waals surface area contributed by atoms with E-state index in [-0.39, 0.29) is 18.2 Å². The maximum atomic E-state index is 11.5. The summed E-state index contributed by atoms with van der Waals surface area (Å²) in [5.41, 5.74) is 9.10. The number of hydrogen-bond donors (Lipinski definition) is 4. The fourth-order valence-corrected chi connectivity index (χ4v) is 4.09. The van der Waals surface area contributed by atoms with E-state index < -0.39 is 11.2 Å². The number of carbonyl (C=O) groups is 3. The highest BCUT2D eigenvalue weighted by Gasteiger charge is 2.16. The molecular formula is C36H58N4O6. The van der Waals surface area contributed by atoms with Crippen molar-refractivity contribution in [2.45, 2.75) is 111 Å². The second-order valence-corrected chi connectivity index (χ2v) is 13.0. The first-order valence-corrected chi connectivity index (χ1v) is 16.4. The molecule has 0 aliphatic heterocycles. The Kier molecular flexibility index (Phi) is 18.9. The van der Waals surface area contributed by atoms with E-state index in [1.807, 2.05) is 72.7 Å². The average molecular weight is 643 g/mol. The zero-order valence-corrected chi connectivity index (χ0v) is 29.1. The van der Waals surface area contributed by atoms with E-state index in [1.54, 1.807) is 0 Å². The second-order valence-electron chi connectivity index (χ2n) is 13.0. The maximum absolute atomic E-state index is 11.5. The van der Waals surface area contributed by atoms with Crippen molar-refractivity contribution in [1.29, 1.82) is 0 Å². The van der Waals surface area contributed by atoms with Crippen molar-refractivity contribution in [2.24, 2.45) is 0 Å². The van der Waals surface area contributed by atoms with Crippen LogP contribution in [0, 0.1) is 0 Å². The van der Waals surface area contributed by atoms with E-state index in [2.05, 4.69) is 40.2 Å². The Labute approximate surface area is 276 Å². The number of unbranched alkanes of at least 4 members (excludes halogenated alkanes) is 2. The third-order valence-electron chi connectivity index (χ3n) is 6.25. The van der Waals surface area contributed by atoms with Gasteiger partial charge in [-0.3, -0.25) is 4.79 Å². The van der Waals surface area contributed by atoms with Gasteiger partial charge < -0.3 is 35.9 Å². The lowest BCUT2D eigenvalue weighted by Crippen LogP contribution is -2.33. The molecule has 0 saturated carbocycles. The van der Waals surface area contributed by atoms with Crippen molar-refractivity contribution >= 4 is 29.5 Å². The molecule has 0 bridgehead atoms. The third-order valence-corrected chi connectivity index (χ3v) is 6.25. The molecule has 0 fully saturated rings. The standard InChI is InChI=1S/C21H34N2O4.C15H24N2O2/c1-5-26-19(24)10-8-16-22-18-13-11-17(12-14-18)9-6-7-15-23-20(25)27-21(2,3)4;1-15(2,3)19-14(18)17-11-5-4-6-12-7-9-13(16)10-8-12/h11-14,22H,5-10,15-16H2,1-4H3,(H,23,25);7-10H,4-6,11,16H2,1-3H3,(H,17,18). The number of hydrogen-bond acceptors (Lipinski definition) is 8. The van der Waals surface area contributed by atoms with Gasteiger partial charge in [-0.2, -0.15) is 0 Å². The largest absolute Gasteiger partial charge is 0.466 e. The van der Waals surface area contributed by atoms with E-state index >= 15 is 0 Å². The van der Waals surface area contributed by atoms with Gasteiger partial charge >= 0.3 is 18.2 Å². The smallest absolute Gasteiger partial charge is 0.407 e. The number of benzene rings is 2. The van der Waals surface area contributed by atoms with Crippen molar-refractivity contribution in [3.05, 3.63) is 59.7 Å². The molecule has 258 valence electrons. The van der Waals surface area contributed by atoms with E-state index in [1.165, 1.54) is 11.1 Å². The molecule has 5 N–H and O–H groups in total. The van der Waals surface area contributed by atoms with Crippen molar-refractivity contribution in [1.82, 2.24) is 10.6 Å². The summed E-state index contributed by atoms with van der Waals surface area (Å²) in [6.07, 6.45) is 6.33. The number of nitrogens with two attached hydrogens (primary N) is 1. The minimum Gasteiger partial charge on any atom is -0.466 e. The Morgan fingerprint density at radius 2 is 1.11 bits per heavy atom. The molecule has 0 aliphatic carbocycles. The number of esters is 1. The number of carbonyl (C=O) groups excluding carboxylic acids is 3. The first-order chi connectivity index (χ1) is 21.7. The quantitative estimate of drug-likeness (QED) is 0.0642. The molecule has 0 spiro atoms. The lowest BCUT2D eigenvalue weighted by Gasteiger charge is -2.19. The summed E-state index contributed by atoms with van der Waals surface area (Å²) in [5.74, 6) is -0.143. The van der Waals surface area contributed by atoms with Crippen LogP contribution in [0.3, 0.4) is 0 Å². The number of aryl methyl sites for hydroxylation is 2. The summed E-state index contributed by atoms with van der Waals surface area (Å²) in [4.78, 5) is 34.2. The first kappa shape index (κ1) is 40.1. The highest BCUT2D eigenvalue weighted by atomic mass is 16.6. The fourth-order valence-electron chi connectivity index (χ4n) is 4.09. The van der Waals surface area contributed by atoms with E-state index in [4.69, 9.17) is 19.9 Å². The van der Waals surface area contributed by atoms with Gasteiger partial charge in [0.1, 0.15) is 11.2 Å². The second kappa shape index (κ2) is 21.7. The van der Waals surface area contributed by atoms with Crippen LogP contribution in [0.2, 0.25) is 0 Å². The van der Waals surface area contributed by atoms with Gasteiger partial charge in [-0.05, 0) is 129 Å². The molecule has 0 heterocycles. The van der Waals surface area contributed by atoms with Gasteiger partial charge in [0.2, 0.25) is 0 Å². The Morgan fingerprint density at radius 1 is 0.652 bits per heavy atom. The van der Waals surface area contributed by atoms with Crippen LogP contribution in [0.4, 0.5) is 21.0 Å². The average Bonchev–Trinajstić information content (AvgIpc) is 2.95. The van der Waals surface area contributed by atoms with Gasteiger partial charge in [0.25, 0.3) is 0 Å². The number of ether oxygens (including phenoxy) is 3. The lowest BCUT2D eigenvalue weighted by atomic mass is 10.1. The van der Waals surface area contributed by atoms with Crippen molar-refractivity contribution in [2.75, 3.05) is 37.3 Å². The van der Waals surface area contributed by atoms with Crippen LogP contribution in [0.15, 0.2) is 48.5 Å². The van der Waals surface area contributed by atoms with Crippen LogP contribution in [-0.4, -0.2) is 55.6 Å². The van der Waals surface area contributed by atoms with Gasteiger partial charge in [0, 0.05) is 37.4 Å². The monoisotopic (exact) mass is 642 g/mol. The maximum Gasteiger partial charge on any atom is 0.407 e. The highest BCUT2D eigenvalue weighted by Crippen LogP contribution is 2.13. The van der Waals surface area contributed by atoms with Gasteiger partial charge in [-0.25, -0.2) is 9.59 Å². The summed E-state index contributed by atoms with van der Waals surface area (Å²) in [6.45, 7) is 15.4. The van der Waals surface area contributed by atoms with E-state index in [0.29, 0.717) is 26.1 Å². The van der Waals surface area contributed by atoms with Crippen LogP contribution >= 0.6 is 0 Å². The number of nitrogen functional groups attached to an aromatic ring is 1. The molecule has 0 unspecified atom stereocenters. The SMILES string of the molecule is CC(C)(C)OC(=O)NCCCCc1ccc(N)cc1.CCOC(=O)CCCNc1ccc(CCCCNC(=O)OC(C)(C)C)cc1. The van der Waals surface area contributed by atoms with Crippen LogP contribution in [0.5, 0.6) is 0 Å². The summed E-state index contributed by atoms with van der Waals surface area (Å²) >= 11 is 0. The topological polar surface area (TPSA) is 141 Å². The molecule has 0 saturated heterocycles. The number of rotatable bonds is 16. The molecular weight excluding hydrogens is 584 g/mol. The highest BCUT2D eigenvalue weighted by molar-refractivity contribution is 5.69. The van der Waals surface area contributed by atoms with E-state index in [0.717, 1.165) is 62.9 Å². The predicted octanol–water partition coefficient (Wildman–Crippen LogP) is 7.41. The number of amides is 2. The number of nitrogens with one attached hydrogen (secondary N) is 3. The van der Waals surface area contributed by atoms with Gasteiger partial charge in [-0.1, -0.05) is 24.3 Å². The molecule has 0 aromatic heterocycles. The third kappa shape index (κ3) is 22.5. The molecule has 2 aromatic rings. The molecule has 2 amide bonds. The normalized spacial score (nSPS) is 11.0. The minimum atomic E-state index is -0.460. The lowest BCUT2D eigenvalue weighted by molar-refractivity contribution is -0.143. The van der Waals surface area contributed by atoms with Crippen LogP contribution in [-0.2, 0) is 31.8 Å². The molecule has 10 heteroatoms. The van der Waals surface area contributed by atoms with Gasteiger partial charge in [-0.15, -0.1) is 0 Å². The minimum absolute atomic E-state index is 0.143. The zero-order valence-electron chi connectivity index (χ0n) is 29.1. The zero-order chi connectivity index (χ0) is 34.4. The Balaban J connectivity index is 0.000000489. The van der Waals surface area contributed by atoms with Crippen LogP contribution in [0.1, 0.15) is 98.1 Å². The molecule has 0 radical (unpaired) electrons. The number of anilines is 2. The Hall–Kier alpha value is -3.95. The van der Waals surface area contributed by atoms with Crippen molar-refractivity contribution < 1.29 is 28.6 Å². The van der Waals surface area contributed by atoms with Crippen LogP contribution in [0.25, 0.3) is 0 Å². The first-order valence-electron chi connectivity index (χ1n) is 16.4. The van der Waals surface area contributed by atoms with Crippen molar-refractivity contribution in [3.63, 3.8) is 0 Å². The molecule has 10 nitrogen and oxygen atoms in total. The molecule has 0 atom stereocenters. The Morgan fingerprint density at radius 3 is 1.54 bits per heavy atom. The predicted molar refractivity (Wildman–Crippen MR) is 186 cm³/mol. The van der Waals surface area contributed by atoms with Crippen LogP contribution < -0.4 is 21.7 Å². The van der Waals surface area contributed by atoms with Crippen molar-refractivity contribution in [3.8, 4) is 0 Å². The fraction of sp³-hybridized carbons (Fsp3) is 0.583. The molecule has 0 aliphatic rings. The molecule has 46 heavy (non-hydrogen) atoms. The number of alkyl carbamates (subject to hydrolysis) is 2. The summed E-state index contributed by atoms with van der Waals surface area (Å²) in [6, 6.07) is 16.2. The molecule has 2 aromatic carbocycles. The van der Waals surface area contributed by atoms with Gasteiger partial charge in [0.05, 0.1) is 6.61 Å². The summed E-state index contributed by atoms with van der Waals surface area (Å²) in [5, 5.41) is 8.84. The van der Waals surface area contributed by atoms with Gasteiger partial charge in [0.15, 0.2) is 0 Å². The molecule has 2 rings (SSSR count).